The van der Waals surface area contributed by atoms with Crippen molar-refractivity contribution in [3.8, 4) is 0 Å². The van der Waals surface area contributed by atoms with E-state index in [1.54, 1.807) is 13.0 Å². The summed E-state index contributed by atoms with van der Waals surface area (Å²) >= 11 is 0. The molecule has 5 nitrogen and oxygen atoms in total. The minimum atomic E-state index is -0.337. The molecule has 0 amide bonds. The number of carbonyl (C=O) groups excluding carboxylic acids is 1. The summed E-state index contributed by atoms with van der Waals surface area (Å²) < 4.78 is 10.3. The molecule has 0 aliphatic carbocycles. The largest absolute Gasteiger partial charge is 0.465 e. The highest BCUT2D eigenvalue weighted by Gasteiger charge is 2.21. The fourth-order valence-electron chi connectivity index (χ4n) is 2.25. The maximum absolute atomic E-state index is 11.5. The van der Waals surface area contributed by atoms with Gasteiger partial charge in [0.1, 0.15) is 17.1 Å². The molecule has 2 heterocycles. The van der Waals surface area contributed by atoms with Gasteiger partial charge >= 0.3 is 5.97 Å². The molecule has 1 aliphatic heterocycles. The molecule has 1 saturated heterocycles. The Morgan fingerprint density at radius 3 is 3.11 bits per heavy atom. The highest BCUT2D eigenvalue weighted by atomic mass is 16.5. The van der Waals surface area contributed by atoms with E-state index >= 15 is 0 Å². The lowest BCUT2D eigenvalue weighted by Gasteiger charge is -2.33. The molecule has 0 saturated carbocycles. The molecule has 1 N–H and O–H groups in total. The Bertz CT molecular complexity index is 428. The number of piperazine rings is 1. The highest BCUT2D eigenvalue weighted by molar-refractivity contribution is 5.90. The van der Waals surface area contributed by atoms with Crippen LogP contribution in [0.2, 0.25) is 0 Å². The zero-order valence-electron chi connectivity index (χ0n) is 11.2. The number of furan rings is 1. The van der Waals surface area contributed by atoms with Gasteiger partial charge in [0.15, 0.2) is 0 Å². The lowest BCUT2D eigenvalue weighted by atomic mass is 10.2. The first-order valence-electron chi connectivity index (χ1n) is 6.24. The van der Waals surface area contributed by atoms with E-state index in [4.69, 9.17) is 9.15 Å². The summed E-state index contributed by atoms with van der Waals surface area (Å²) in [7, 11) is 1.38. The monoisotopic (exact) mass is 252 g/mol. The van der Waals surface area contributed by atoms with Gasteiger partial charge in [0.25, 0.3) is 0 Å². The molecular formula is C13H20N2O3. The molecule has 0 unspecified atom stereocenters. The fraction of sp³-hybridized carbons (Fsp3) is 0.615. The van der Waals surface area contributed by atoms with Crippen molar-refractivity contribution in [2.24, 2.45) is 0 Å². The second-order valence-corrected chi connectivity index (χ2v) is 4.70. The maximum atomic E-state index is 11.5. The number of aryl methyl sites for hydroxylation is 1. The molecule has 1 atom stereocenters. The molecule has 1 fully saturated rings. The van der Waals surface area contributed by atoms with Crippen LogP contribution in [0.3, 0.4) is 0 Å². The molecular weight excluding hydrogens is 232 g/mol. The zero-order valence-corrected chi connectivity index (χ0v) is 11.2. The van der Waals surface area contributed by atoms with E-state index in [1.807, 2.05) is 0 Å². The average molecular weight is 252 g/mol. The van der Waals surface area contributed by atoms with Gasteiger partial charge in [0, 0.05) is 25.7 Å². The highest BCUT2D eigenvalue weighted by Crippen LogP contribution is 2.18. The van der Waals surface area contributed by atoms with E-state index in [0.717, 1.165) is 31.9 Å². The van der Waals surface area contributed by atoms with Crippen molar-refractivity contribution < 1.29 is 13.9 Å². The predicted octanol–water partition coefficient (Wildman–Crippen LogP) is 1.17. The van der Waals surface area contributed by atoms with Crippen LogP contribution in [0.15, 0.2) is 10.5 Å². The van der Waals surface area contributed by atoms with Crippen molar-refractivity contribution in [1.29, 1.82) is 0 Å². The Labute approximate surface area is 107 Å². The molecule has 1 aliphatic rings. The van der Waals surface area contributed by atoms with Crippen LogP contribution in [-0.4, -0.2) is 43.7 Å². The number of esters is 1. The normalized spacial score (nSPS) is 20.9. The van der Waals surface area contributed by atoms with Crippen molar-refractivity contribution in [1.82, 2.24) is 10.2 Å². The summed E-state index contributed by atoms with van der Waals surface area (Å²) in [5.74, 6) is 1.11. The third-order valence-corrected chi connectivity index (χ3v) is 3.37. The minimum absolute atomic E-state index is 0.337. The number of nitrogens with zero attached hydrogens (tertiary/aromatic N) is 1. The van der Waals surface area contributed by atoms with Crippen LogP contribution >= 0.6 is 0 Å². The van der Waals surface area contributed by atoms with Crippen LogP contribution in [0, 0.1) is 6.92 Å². The van der Waals surface area contributed by atoms with Gasteiger partial charge in [0.05, 0.1) is 13.7 Å². The number of hydrogen-bond donors (Lipinski definition) is 1. The van der Waals surface area contributed by atoms with E-state index in [2.05, 4.69) is 17.1 Å². The molecule has 5 heteroatoms. The van der Waals surface area contributed by atoms with E-state index in [9.17, 15) is 4.79 Å². The molecule has 0 spiro atoms. The second kappa shape index (κ2) is 5.54. The number of carbonyl (C=O) groups is 1. The van der Waals surface area contributed by atoms with E-state index < -0.39 is 0 Å². The fourth-order valence-corrected chi connectivity index (χ4v) is 2.25. The SMILES string of the molecule is COC(=O)c1cc(CN2CCNC[C@@H]2C)oc1C. The van der Waals surface area contributed by atoms with Crippen LogP contribution in [-0.2, 0) is 11.3 Å². The molecule has 1 aromatic rings. The van der Waals surface area contributed by atoms with Crippen LogP contribution in [0.4, 0.5) is 0 Å². The first kappa shape index (κ1) is 13.1. The van der Waals surface area contributed by atoms with Crippen molar-refractivity contribution in [2.75, 3.05) is 26.7 Å². The number of nitrogens with one attached hydrogen (secondary N) is 1. The summed E-state index contributed by atoms with van der Waals surface area (Å²) in [6.45, 7) is 7.69. The number of methoxy groups -OCH3 is 1. The van der Waals surface area contributed by atoms with Crippen LogP contribution in [0.25, 0.3) is 0 Å². The summed E-state index contributed by atoms with van der Waals surface area (Å²) in [6.07, 6.45) is 0. The quantitative estimate of drug-likeness (QED) is 0.818. The van der Waals surface area contributed by atoms with Crippen molar-refractivity contribution >= 4 is 5.97 Å². The minimum Gasteiger partial charge on any atom is -0.465 e. The van der Waals surface area contributed by atoms with Crippen LogP contribution < -0.4 is 5.32 Å². The lowest BCUT2D eigenvalue weighted by Crippen LogP contribution is -2.49. The van der Waals surface area contributed by atoms with Crippen molar-refractivity contribution in [3.63, 3.8) is 0 Å². The van der Waals surface area contributed by atoms with E-state index in [0.29, 0.717) is 17.4 Å². The van der Waals surface area contributed by atoms with Crippen LogP contribution in [0.1, 0.15) is 28.8 Å². The number of rotatable bonds is 3. The summed E-state index contributed by atoms with van der Waals surface area (Å²) in [6, 6.07) is 2.27. The Hall–Kier alpha value is -1.33. The topological polar surface area (TPSA) is 54.7 Å². The summed E-state index contributed by atoms with van der Waals surface area (Å²) in [4.78, 5) is 13.8. The molecule has 0 radical (unpaired) electrons. The Morgan fingerprint density at radius 1 is 1.67 bits per heavy atom. The molecule has 0 bridgehead atoms. The van der Waals surface area contributed by atoms with Gasteiger partial charge in [0.2, 0.25) is 0 Å². The smallest absolute Gasteiger partial charge is 0.341 e. The predicted molar refractivity (Wildman–Crippen MR) is 67.5 cm³/mol. The summed E-state index contributed by atoms with van der Waals surface area (Å²) in [5.41, 5.74) is 0.523. The first-order chi connectivity index (χ1) is 8.61. The average Bonchev–Trinajstić information content (AvgIpc) is 2.72. The Kier molecular flexibility index (Phi) is 4.04. The molecule has 100 valence electrons. The van der Waals surface area contributed by atoms with Gasteiger partial charge in [-0.15, -0.1) is 0 Å². The van der Waals surface area contributed by atoms with E-state index in [-0.39, 0.29) is 5.97 Å². The summed E-state index contributed by atoms with van der Waals surface area (Å²) in [5, 5.41) is 3.35. The standard InChI is InChI=1S/C13H20N2O3/c1-9-7-14-4-5-15(9)8-11-6-12(10(2)18-11)13(16)17-3/h6,9,14H,4-5,7-8H2,1-3H3/t9-/m0/s1. The van der Waals surface area contributed by atoms with Gasteiger partial charge in [-0.2, -0.15) is 0 Å². The van der Waals surface area contributed by atoms with Crippen LogP contribution in [0.5, 0.6) is 0 Å². The van der Waals surface area contributed by atoms with Gasteiger partial charge in [-0.25, -0.2) is 4.79 Å². The van der Waals surface area contributed by atoms with Gasteiger partial charge in [-0.1, -0.05) is 0 Å². The second-order valence-electron chi connectivity index (χ2n) is 4.70. The van der Waals surface area contributed by atoms with E-state index in [1.165, 1.54) is 7.11 Å². The van der Waals surface area contributed by atoms with Gasteiger partial charge in [-0.3, -0.25) is 4.90 Å². The third-order valence-electron chi connectivity index (χ3n) is 3.37. The Balaban J connectivity index is 2.07. The molecule has 1 aromatic heterocycles. The van der Waals surface area contributed by atoms with Gasteiger partial charge < -0.3 is 14.5 Å². The first-order valence-corrected chi connectivity index (χ1v) is 6.24. The number of hydrogen-bond acceptors (Lipinski definition) is 5. The van der Waals surface area contributed by atoms with Gasteiger partial charge in [-0.05, 0) is 19.9 Å². The molecule has 2 rings (SSSR count). The lowest BCUT2D eigenvalue weighted by molar-refractivity contribution is 0.0599. The van der Waals surface area contributed by atoms with Crippen molar-refractivity contribution in [3.05, 3.63) is 23.2 Å². The third kappa shape index (κ3) is 2.73. The Morgan fingerprint density at radius 2 is 2.44 bits per heavy atom. The molecule has 18 heavy (non-hydrogen) atoms. The van der Waals surface area contributed by atoms with Crippen molar-refractivity contribution in [2.45, 2.75) is 26.4 Å². The zero-order chi connectivity index (χ0) is 13.1. The number of ether oxygens (including phenoxy) is 1. The maximum Gasteiger partial charge on any atom is 0.341 e. The molecule has 0 aromatic carbocycles.